The van der Waals surface area contributed by atoms with E-state index in [1.54, 1.807) is 0 Å². The molecule has 1 N–H and O–H groups in total. The van der Waals surface area contributed by atoms with Gasteiger partial charge in [-0.1, -0.05) is 146 Å². The van der Waals surface area contributed by atoms with Gasteiger partial charge >= 0.3 is 0 Å². The number of benzene rings is 9. The van der Waals surface area contributed by atoms with Crippen molar-refractivity contribution in [2.45, 2.75) is 6.92 Å². The molecule has 4 nitrogen and oxygen atoms in total. The molecule has 0 unspecified atom stereocenters. The Morgan fingerprint density at radius 1 is 0.517 bits per heavy atom. The van der Waals surface area contributed by atoms with E-state index in [1.807, 2.05) is 0 Å². The van der Waals surface area contributed by atoms with Gasteiger partial charge in [0.05, 0.1) is 44.7 Å². The van der Waals surface area contributed by atoms with Crippen LogP contribution >= 0.6 is 0 Å². The zero-order chi connectivity index (χ0) is 38.5. The third-order valence-corrected chi connectivity index (χ3v) is 12.1. The molecule has 0 amide bonds. The van der Waals surface area contributed by atoms with Crippen molar-refractivity contribution in [2.75, 3.05) is 0 Å². The molecule has 4 heteroatoms. The normalized spacial score (nSPS) is 12.4. The van der Waals surface area contributed by atoms with Crippen LogP contribution < -0.4 is 0 Å². The van der Waals surface area contributed by atoms with Gasteiger partial charge in [0.2, 0.25) is 0 Å². The number of allylic oxidation sites excluding steroid dienone is 1. The minimum atomic E-state index is 0.806. The van der Waals surface area contributed by atoms with Crippen molar-refractivity contribution in [1.82, 2.24) is 14.1 Å². The lowest BCUT2D eigenvalue weighted by Crippen LogP contribution is -2.10. The molecular weight excluding hydrogens is 705 g/mol. The number of H-pyrrole nitrogens is 1. The highest BCUT2D eigenvalue weighted by molar-refractivity contribution is 6.35. The Morgan fingerprint density at radius 3 is 2.05 bits per heavy atom. The molecule has 0 saturated heterocycles. The molecule has 9 aromatic carbocycles. The molecule has 0 aliphatic carbocycles. The van der Waals surface area contributed by atoms with E-state index in [-0.39, 0.29) is 0 Å². The quantitative estimate of drug-likeness (QED) is 0.171. The monoisotopic (exact) mass is 740 g/mol. The number of hydrogen-bond acceptors (Lipinski definition) is 1. The van der Waals surface area contributed by atoms with Gasteiger partial charge in [0, 0.05) is 54.5 Å². The third-order valence-electron chi connectivity index (χ3n) is 12.1. The number of aryl methyl sites for hydroxylation is 1. The van der Waals surface area contributed by atoms with Crippen LogP contribution in [0.25, 0.3) is 98.3 Å². The predicted octanol–water partition coefficient (Wildman–Crippen LogP) is 14.4. The van der Waals surface area contributed by atoms with Crippen LogP contribution in [-0.4, -0.2) is 19.8 Å². The Morgan fingerprint density at radius 2 is 1.19 bits per heavy atom. The fourth-order valence-electron chi connectivity index (χ4n) is 9.47. The van der Waals surface area contributed by atoms with Crippen LogP contribution in [-0.2, 0) is 0 Å². The van der Waals surface area contributed by atoms with Crippen LogP contribution in [0.5, 0.6) is 0 Å². The SMILES string of the molecule is C=C(C(=Nc1ccccc1C)c1cccc2c1[nH]c1ccccc12)n1c2ccc(-n3c4ccccc4c4ccc5ccccc5c43)cc2c2c3ccccc3ccc21. The van der Waals surface area contributed by atoms with Gasteiger partial charge in [-0.25, -0.2) is 4.99 Å². The number of rotatable bonds is 5. The van der Waals surface area contributed by atoms with Crippen LogP contribution in [0.1, 0.15) is 11.1 Å². The maximum atomic E-state index is 5.51. The first-order valence-electron chi connectivity index (χ1n) is 19.8. The van der Waals surface area contributed by atoms with Crippen LogP contribution in [0.4, 0.5) is 5.69 Å². The highest BCUT2D eigenvalue weighted by atomic mass is 15.0. The number of nitrogens with zero attached hydrogens (tertiary/aromatic N) is 3. The third kappa shape index (κ3) is 4.66. The lowest BCUT2D eigenvalue weighted by molar-refractivity contribution is 1.19. The van der Waals surface area contributed by atoms with Gasteiger partial charge in [-0.3, -0.25) is 0 Å². The summed E-state index contributed by atoms with van der Waals surface area (Å²) < 4.78 is 4.79. The summed E-state index contributed by atoms with van der Waals surface area (Å²) in [6.45, 7) is 7.06. The zero-order valence-electron chi connectivity index (χ0n) is 31.9. The van der Waals surface area contributed by atoms with Gasteiger partial charge in [-0.15, -0.1) is 0 Å². The molecule has 12 rings (SSSR count). The van der Waals surface area contributed by atoms with Gasteiger partial charge < -0.3 is 14.1 Å². The van der Waals surface area contributed by atoms with E-state index in [4.69, 9.17) is 11.6 Å². The van der Waals surface area contributed by atoms with Crippen LogP contribution in [0.2, 0.25) is 0 Å². The van der Waals surface area contributed by atoms with E-state index in [9.17, 15) is 0 Å². The molecule has 58 heavy (non-hydrogen) atoms. The van der Waals surface area contributed by atoms with Crippen molar-refractivity contribution in [3.05, 3.63) is 200 Å². The van der Waals surface area contributed by atoms with Gasteiger partial charge in [-0.2, -0.15) is 0 Å². The van der Waals surface area contributed by atoms with Gasteiger partial charge in [0.1, 0.15) is 0 Å². The first-order chi connectivity index (χ1) is 28.6. The van der Waals surface area contributed by atoms with Crippen LogP contribution in [0, 0.1) is 6.92 Å². The molecule has 0 radical (unpaired) electrons. The molecule has 3 aromatic heterocycles. The summed E-state index contributed by atoms with van der Waals surface area (Å²) in [5, 5.41) is 12.1. The second-order valence-electron chi connectivity index (χ2n) is 15.3. The average Bonchev–Trinajstić information content (AvgIpc) is 3.94. The van der Waals surface area contributed by atoms with Crippen LogP contribution in [0.15, 0.2) is 194 Å². The van der Waals surface area contributed by atoms with Gasteiger partial charge in [0.15, 0.2) is 0 Å². The number of hydrogen-bond donors (Lipinski definition) is 1. The molecule has 12 aromatic rings. The number of para-hydroxylation sites is 4. The average molecular weight is 741 g/mol. The summed E-state index contributed by atoms with van der Waals surface area (Å²) in [5.74, 6) is 0. The Labute approximate surface area is 334 Å². The second-order valence-corrected chi connectivity index (χ2v) is 15.3. The maximum absolute atomic E-state index is 5.51. The van der Waals surface area contributed by atoms with Crippen molar-refractivity contribution in [1.29, 1.82) is 0 Å². The van der Waals surface area contributed by atoms with Crippen molar-refractivity contribution in [3.8, 4) is 5.69 Å². The van der Waals surface area contributed by atoms with Gasteiger partial charge in [-0.05, 0) is 71.1 Å². The number of aromatic amines is 1. The Bertz CT molecular complexity index is 3720. The standard InChI is InChI=1S/C54H36N4/c1-33-14-3-10-23-46(33)55-52(44-22-13-21-42-40-19-8-11-24-47(40)56-53(42)44)34(2)57-49-31-28-37(32-45(49)51-38-17-6-4-15-35(38)27-30-50(51)57)58-48-25-12-9-20-41(48)43-29-26-36-16-5-7-18-39(36)54(43)58/h3-32,56H,2H2,1H3. The first kappa shape index (κ1) is 32.5. The molecule has 0 aliphatic rings. The molecule has 272 valence electrons. The molecule has 0 spiro atoms. The van der Waals surface area contributed by atoms with Crippen LogP contribution in [0.3, 0.4) is 0 Å². The van der Waals surface area contributed by atoms with Crippen molar-refractivity contribution in [2.24, 2.45) is 4.99 Å². The van der Waals surface area contributed by atoms with Crippen molar-refractivity contribution >= 4 is 104 Å². The Balaban J connectivity index is 1.17. The summed E-state index contributed by atoms with van der Waals surface area (Å²) in [5.41, 5.74) is 12.5. The molecule has 0 saturated carbocycles. The number of nitrogens with one attached hydrogen (secondary N) is 1. The minimum Gasteiger partial charge on any atom is -0.354 e. The first-order valence-corrected chi connectivity index (χ1v) is 19.8. The fourth-order valence-corrected chi connectivity index (χ4v) is 9.47. The van der Waals surface area contributed by atoms with Crippen molar-refractivity contribution < 1.29 is 0 Å². The lowest BCUT2D eigenvalue weighted by Gasteiger charge is -2.16. The van der Waals surface area contributed by atoms with E-state index >= 15 is 0 Å². The number of aromatic nitrogens is 3. The summed E-state index contributed by atoms with van der Waals surface area (Å²) in [7, 11) is 0. The predicted molar refractivity (Wildman–Crippen MR) is 247 cm³/mol. The van der Waals surface area contributed by atoms with E-state index in [1.165, 1.54) is 54.1 Å². The Kier molecular flexibility index (Phi) is 6.96. The zero-order valence-corrected chi connectivity index (χ0v) is 31.9. The van der Waals surface area contributed by atoms with Crippen molar-refractivity contribution in [3.63, 3.8) is 0 Å². The highest BCUT2D eigenvalue weighted by Gasteiger charge is 2.23. The van der Waals surface area contributed by atoms with Gasteiger partial charge in [0.25, 0.3) is 0 Å². The number of fused-ring (bicyclic) bond motifs is 13. The maximum Gasteiger partial charge on any atom is 0.0964 e. The summed E-state index contributed by atoms with van der Waals surface area (Å²) in [6, 6.07) is 65.5. The van der Waals surface area contributed by atoms with E-state index in [0.717, 1.165) is 66.7 Å². The summed E-state index contributed by atoms with van der Waals surface area (Å²) in [6.07, 6.45) is 0. The van der Waals surface area contributed by atoms with E-state index < -0.39 is 0 Å². The summed E-state index contributed by atoms with van der Waals surface area (Å²) >= 11 is 0. The van der Waals surface area contributed by atoms with E-state index in [0.29, 0.717) is 0 Å². The molecule has 0 aliphatic heterocycles. The smallest absolute Gasteiger partial charge is 0.0964 e. The molecule has 0 bridgehead atoms. The fraction of sp³-hybridized carbons (Fsp3) is 0.0185. The minimum absolute atomic E-state index is 0.806. The largest absolute Gasteiger partial charge is 0.354 e. The lowest BCUT2D eigenvalue weighted by atomic mass is 10.0. The Hall–Kier alpha value is -7.69. The van der Waals surface area contributed by atoms with E-state index in [2.05, 4.69) is 203 Å². The molecule has 0 atom stereocenters. The summed E-state index contributed by atoms with van der Waals surface area (Å²) in [4.78, 5) is 9.27. The molecular formula is C54H36N4. The number of aliphatic imine (C=N–C) groups is 1. The molecule has 0 fully saturated rings. The second kappa shape index (κ2) is 12.4. The topological polar surface area (TPSA) is 38.0 Å². The molecule has 3 heterocycles. The highest BCUT2D eigenvalue weighted by Crippen LogP contribution is 2.42.